The van der Waals surface area contributed by atoms with Crippen molar-refractivity contribution in [3.63, 3.8) is 0 Å². The third-order valence-electron chi connectivity index (χ3n) is 5.19. The lowest BCUT2D eigenvalue weighted by Gasteiger charge is -2.38. The zero-order chi connectivity index (χ0) is 17.7. The maximum atomic E-state index is 12.7. The number of rotatable bonds is 6. The van der Waals surface area contributed by atoms with Crippen LogP contribution in [0.1, 0.15) is 29.0 Å². The minimum atomic E-state index is -0.261. The summed E-state index contributed by atoms with van der Waals surface area (Å²) in [6, 6.07) is 1.82. The van der Waals surface area contributed by atoms with E-state index in [4.69, 9.17) is 13.9 Å². The van der Waals surface area contributed by atoms with Gasteiger partial charge in [0.05, 0.1) is 31.9 Å². The summed E-state index contributed by atoms with van der Waals surface area (Å²) in [4.78, 5) is 16.6. The average Bonchev–Trinajstić information content (AvgIpc) is 3.11. The van der Waals surface area contributed by atoms with Gasteiger partial charge in [-0.05, 0) is 18.9 Å². The van der Waals surface area contributed by atoms with Crippen LogP contribution < -0.4 is 0 Å². The molecule has 25 heavy (non-hydrogen) atoms. The van der Waals surface area contributed by atoms with E-state index in [-0.39, 0.29) is 17.9 Å². The number of carbonyl (C=O) groups is 1. The summed E-state index contributed by atoms with van der Waals surface area (Å²) in [6.07, 6.45) is 3.08. The lowest BCUT2D eigenvalue weighted by molar-refractivity contribution is -0.0282. The highest BCUT2D eigenvalue weighted by Gasteiger charge is 2.34. The molecule has 0 atom stereocenters. The van der Waals surface area contributed by atoms with Crippen LogP contribution in [0.25, 0.3) is 0 Å². The van der Waals surface area contributed by atoms with Crippen molar-refractivity contribution < 1.29 is 23.8 Å². The van der Waals surface area contributed by atoms with Crippen molar-refractivity contribution in [1.29, 1.82) is 0 Å². The third kappa shape index (κ3) is 4.61. The zero-order valence-electron chi connectivity index (χ0n) is 14.9. The molecule has 3 heterocycles. The first kappa shape index (κ1) is 18.4. The molecular weight excluding hydrogens is 324 g/mol. The van der Waals surface area contributed by atoms with Crippen molar-refractivity contribution >= 4 is 5.91 Å². The van der Waals surface area contributed by atoms with Crippen molar-refractivity contribution in [2.75, 3.05) is 59.7 Å². The first-order chi connectivity index (χ1) is 12.1. The SMILES string of the molecule is CN(CC1(CO)CCOCC1)C(=O)c1coc(CN2CCOCC2)c1. The molecule has 0 spiro atoms. The Labute approximate surface area is 148 Å². The van der Waals surface area contributed by atoms with Crippen molar-refractivity contribution in [3.05, 3.63) is 23.7 Å². The molecule has 1 amide bonds. The summed E-state index contributed by atoms with van der Waals surface area (Å²) >= 11 is 0. The van der Waals surface area contributed by atoms with Gasteiger partial charge in [-0.25, -0.2) is 0 Å². The summed E-state index contributed by atoms with van der Waals surface area (Å²) in [5, 5.41) is 9.80. The number of nitrogens with zero attached hydrogens (tertiary/aromatic N) is 2. The minimum Gasteiger partial charge on any atom is -0.467 e. The topological polar surface area (TPSA) is 75.4 Å². The fourth-order valence-corrected chi connectivity index (χ4v) is 3.52. The molecule has 0 bridgehead atoms. The Morgan fingerprint density at radius 1 is 1.24 bits per heavy atom. The van der Waals surface area contributed by atoms with Crippen molar-refractivity contribution in [2.45, 2.75) is 19.4 Å². The number of aliphatic hydroxyl groups is 1. The summed E-state index contributed by atoms with van der Waals surface area (Å²) in [7, 11) is 1.78. The Hall–Kier alpha value is -1.41. The van der Waals surface area contributed by atoms with Gasteiger partial charge in [-0.3, -0.25) is 9.69 Å². The molecule has 1 N–H and O–H groups in total. The van der Waals surface area contributed by atoms with Crippen LogP contribution in [0.3, 0.4) is 0 Å². The lowest BCUT2D eigenvalue weighted by Crippen LogP contribution is -2.44. The molecule has 0 saturated carbocycles. The molecule has 0 radical (unpaired) electrons. The molecule has 0 unspecified atom stereocenters. The molecule has 2 fully saturated rings. The second-order valence-electron chi connectivity index (χ2n) is 7.12. The molecule has 2 saturated heterocycles. The highest BCUT2D eigenvalue weighted by atomic mass is 16.5. The van der Waals surface area contributed by atoms with E-state index in [0.717, 1.165) is 44.9 Å². The molecular formula is C18H28N2O5. The van der Waals surface area contributed by atoms with Gasteiger partial charge in [0.2, 0.25) is 0 Å². The number of aliphatic hydroxyl groups excluding tert-OH is 1. The number of carbonyl (C=O) groups excluding carboxylic acids is 1. The van der Waals surface area contributed by atoms with E-state index in [2.05, 4.69) is 4.90 Å². The molecule has 2 aliphatic heterocycles. The molecule has 1 aromatic heterocycles. The lowest BCUT2D eigenvalue weighted by atomic mass is 9.80. The molecule has 0 aromatic carbocycles. The smallest absolute Gasteiger partial charge is 0.256 e. The second kappa shape index (κ2) is 8.31. The Morgan fingerprint density at radius 2 is 1.92 bits per heavy atom. The van der Waals surface area contributed by atoms with E-state index < -0.39 is 0 Å². The van der Waals surface area contributed by atoms with Crippen LogP contribution in [0, 0.1) is 5.41 Å². The van der Waals surface area contributed by atoms with Gasteiger partial charge < -0.3 is 23.9 Å². The quantitative estimate of drug-likeness (QED) is 0.822. The molecule has 7 heteroatoms. The van der Waals surface area contributed by atoms with Gasteiger partial charge in [-0.1, -0.05) is 0 Å². The molecule has 1 aromatic rings. The Balaban J connectivity index is 1.58. The zero-order valence-corrected chi connectivity index (χ0v) is 14.9. The Morgan fingerprint density at radius 3 is 2.60 bits per heavy atom. The number of amides is 1. The summed E-state index contributed by atoms with van der Waals surface area (Å²) in [5.74, 6) is 0.720. The van der Waals surface area contributed by atoms with Gasteiger partial charge in [-0.2, -0.15) is 0 Å². The normalized spacial score (nSPS) is 21.2. The first-order valence-corrected chi connectivity index (χ1v) is 8.93. The van der Waals surface area contributed by atoms with Gasteiger partial charge >= 0.3 is 0 Å². The van der Waals surface area contributed by atoms with Crippen LogP contribution in [0.15, 0.2) is 16.7 Å². The van der Waals surface area contributed by atoms with Gasteiger partial charge in [0.1, 0.15) is 12.0 Å². The van der Waals surface area contributed by atoms with E-state index in [9.17, 15) is 9.90 Å². The van der Waals surface area contributed by atoms with E-state index in [1.54, 1.807) is 11.9 Å². The second-order valence-corrected chi connectivity index (χ2v) is 7.12. The van der Waals surface area contributed by atoms with Crippen molar-refractivity contribution in [3.8, 4) is 0 Å². The van der Waals surface area contributed by atoms with Crippen LogP contribution >= 0.6 is 0 Å². The third-order valence-corrected chi connectivity index (χ3v) is 5.19. The minimum absolute atomic E-state index is 0.0711. The largest absolute Gasteiger partial charge is 0.467 e. The number of morpholine rings is 1. The number of hydrogen-bond acceptors (Lipinski definition) is 6. The highest BCUT2D eigenvalue weighted by molar-refractivity contribution is 5.93. The molecule has 3 rings (SSSR count). The number of hydrogen-bond donors (Lipinski definition) is 1. The van der Waals surface area contributed by atoms with Crippen LogP contribution in [-0.4, -0.2) is 80.5 Å². The van der Waals surface area contributed by atoms with E-state index >= 15 is 0 Å². The van der Waals surface area contributed by atoms with E-state index in [1.165, 1.54) is 6.26 Å². The Kier molecular flexibility index (Phi) is 6.11. The standard InChI is InChI=1S/C18H28N2O5/c1-19(13-18(14-21)2-6-23-7-3-18)17(22)15-10-16(25-12-15)11-20-4-8-24-9-5-20/h10,12,21H,2-9,11,13-14H2,1H3. The molecule has 2 aliphatic rings. The van der Waals surface area contributed by atoms with Gasteiger partial charge in [0.15, 0.2) is 0 Å². The molecule has 140 valence electrons. The predicted molar refractivity (Wildman–Crippen MR) is 91.3 cm³/mol. The van der Waals surface area contributed by atoms with Gasteiger partial charge in [0, 0.05) is 45.3 Å². The summed E-state index contributed by atoms with van der Waals surface area (Å²) in [5.41, 5.74) is 0.300. The van der Waals surface area contributed by atoms with Crippen LogP contribution in [-0.2, 0) is 16.0 Å². The molecule has 0 aliphatic carbocycles. The highest BCUT2D eigenvalue weighted by Crippen LogP contribution is 2.31. The van der Waals surface area contributed by atoms with Crippen LogP contribution in [0.2, 0.25) is 0 Å². The molecule has 7 nitrogen and oxygen atoms in total. The summed E-state index contributed by atoms with van der Waals surface area (Å²) < 4.78 is 16.3. The monoisotopic (exact) mass is 352 g/mol. The van der Waals surface area contributed by atoms with Crippen molar-refractivity contribution in [1.82, 2.24) is 9.80 Å². The fourth-order valence-electron chi connectivity index (χ4n) is 3.52. The predicted octanol–water partition coefficient (Wildman–Crippen LogP) is 0.973. The Bertz CT molecular complexity index is 562. The van der Waals surface area contributed by atoms with Gasteiger partial charge in [-0.15, -0.1) is 0 Å². The van der Waals surface area contributed by atoms with Crippen molar-refractivity contribution in [2.24, 2.45) is 5.41 Å². The van der Waals surface area contributed by atoms with Crippen LogP contribution in [0.4, 0.5) is 0 Å². The maximum absolute atomic E-state index is 12.7. The maximum Gasteiger partial charge on any atom is 0.256 e. The van der Waals surface area contributed by atoms with E-state index in [0.29, 0.717) is 31.9 Å². The van der Waals surface area contributed by atoms with Gasteiger partial charge in [0.25, 0.3) is 5.91 Å². The first-order valence-electron chi connectivity index (χ1n) is 8.93. The summed E-state index contributed by atoms with van der Waals surface area (Å²) in [6.45, 7) is 5.80. The number of furan rings is 1. The van der Waals surface area contributed by atoms with Crippen LogP contribution in [0.5, 0.6) is 0 Å². The average molecular weight is 352 g/mol. The number of ether oxygens (including phenoxy) is 2. The fraction of sp³-hybridized carbons (Fsp3) is 0.722. The van der Waals surface area contributed by atoms with E-state index in [1.807, 2.05) is 6.07 Å².